The third-order valence-corrected chi connectivity index (χ3v) is 4.90. The number of hydrogen-bond acceptors (Lipinski definition) is 4. The molecule has 2 N–H and O–H groups in total. The Morgan fingerprint density at radius 1 is 1.07 bits per heavy atom. The first-order valence-corrected chi connectivity index (χ1v) is 9.92. The van der Waals surface area contributed by atoms with Crippen LogP contribution in [0.3, 0.4) is 0 Å². The first-order valence-electron chi connectivity index (χ1n) is 9.92. The van der Waals surface area contributed by atoms with E-state index >= 15 is 0 Å². The summed E-state index contributed by atoms with van der Waals surface area (Å²) in [4.78, 5) is 24.6. The van der Waals surface area contributed by atoms with Crippen molar-refractivity contribution in [1.82, 2.24) is 10.9 Å². The quantitative estimate of drug-likeness (QED) is 0.560. The highest BCUT2D eigenvalue weighted by Gasteiger charge is 2.20. The highest BCUT2D eigenvalue weighted by atomic mass is 16.5. The normalized spacial score (nSPS) is 15.1. The molecule has 1 saturated carbocycles. The Balaban J connectivity index is 1.90. The molecule has 0 aliphatic heterocycles. The van der Waals surface area contributed by atoms with E-state index in [1.807, 2.05) is 0 Å². The van der Waals surface area contributed by atoms with Crippen molar-refractivity contribution >= 4 is 11.8 Å². The molecule has 2 amide bonds. The second-order valence-corrected chi connectivity index (χ2v) is 7.53. The van der Waals surface area contributed by atoms with Crippen molar-refractivity contribution in [3.63, 3.8) is 0 Å². The lowest BCUT2D eigenvalue weighted by molar-refractivity contribution is -0.126. The van der Waals surface area contributed by atoms with E-state index in [1.165, 1.54) is 12.8 Å². The van der Waals surface area contributed by atoms with Gasteiger partial charge in [-0.3, -0.25) is 20.4 Å². The van der Waals surface area contributed by atoms with Crippen molar-refractivity contribution < 1.29 is 19.1 Å². The average molecular weight is 376 g/mol. The smallest absolute Gasteiger partial charge is 0.269 e. The monoisotopic (exact) mass is 376 g/mol. The van der Waals surface area contributed by atoms with E-state index < -0.39 is 0 Å². The molecule has 0 saturated heterocycles. The second-order valence-electron chi connectivity index (χ2n) is 7.53. The van der Waals surface area contributed by atoms with Crippen LogP contribution in [0.15, 0.2) is 18.2 Å². The molecule has 1 aliphatic carbocycles. The van der Waals surface area contributed by atoms with Gasteiger partial charge in [0.1, 0.15) is 0 Å². The lowest BCUT2D eigenvalue weighted by Gasteiger charge is -2.15. The minimum absolute atomic E-state index is 0.0148. The molecule has 0 bridgehead atoms. The fraction of sp³-hybridized carbons (Fsp3) is 0.619. The number of hydrazine groups is 1. The zero-order valence-electron chi connectivity index (χ0n) is 16.7. The maximum absolute atomic E-state index is 12.4. The van der Waals surface area contributed by atoms with Crippen LogP contribution in [-0.2, 0) is 4.79 Å². The Morgan fingerprint density at radius 2 is 1.78 bits per heavy atom. The third-order valence-electron chi connectivity index (χ3n) is 4.90. The topological polar surface area (TPSA) is 76.7 Å². The van der Waals surface area contributed by atoms with Crippen molar-refractivity contribution in [1.29, 1.82) is 0 Å². The summed E-state index contributed by atoms with van der Waals surface area (Å²) >= 11 is 0. The maximum atomic E-state index is 12.4. The van der Waals surface area contributed by atoms with Crippen LogP contribution in [0.1, 0.15) is 69.2 Å². The molecule has 27 heavy (non-hydrogen) atoms. The molecule has 0 heterocycles. The minimum atomic E-state index is -0.371. The molecule has 1 aromatic rings. The predicted octanol–water partition coefficient (Wildman–Crippen LogP) is 3.85. The molecule has 1 aromatic carbocycles. The average Bonchev–Trinajstić information content (AvgIpc) is 2.95. The van der Waals surface area contributed by atoms with Crippen molar-refractivity contribution in [3.8, 4) is 11.5 Å². The van der Waals surface area contributed by atoms with E-state index in [0.717, 1.165) is 32.1 Å². The number of methoxy groups -OCH3 is 1. The van der Waals surface area contributed by atoms with E-state index in [9.17, 15) is 9.59 Å². The van der Waals surface area contributed by atoms with Gasteiger partial charge in [-0.1, -0.05) is 39.5 Å². The summed E-state index contributed by atoms with van der Waals surface area (Å²) in [6, 6.07) is 5.01. The Bertz CT molecular complexity index is 623. The molecule has 0 atom stereocenters. The van der Waals surface area contributed by atoms with Gasteiger partial charge in [-0.25, -0.2) is 0 Å². The SMILES string of the molecule is COc1cc(C(=O)NNC(=O)C2CCCCCC2)ccc1OCCC(C)C. The van der Waals surface area contributed by atoms with E-state index in [2.05, 4.69) is 24.7 Å². The summed E-state index contributed by atoms with van der Waals surface area (Å²) in [6.07, 6.45) is 7.22. The number of nitrogens with one attached hydrogen (secondary N) is 2. The predicted molar refractivity (Wildman–Crippen MR) is 105 cm³/mol. The number of rotatable bonds is 7. The zero-order valence-corrected chi connectivity index (χ0v) is 16.7. The summed E-state index contributed by atoms with van der Waals surface area (Å²) in [5, 5.41) is 0. The number of carbonyl (C=O) groups excluding carboxylic acids is 2. The van der Waals surface area contributed by atoms with Crippen LogP contribution >= 0.6 is 0 Å². The summed E-state index contributed by atoms with van der Waals surface area (Å²) in [5.41, 5.74) is 5.48. The van der Waals surface area contributed by atoms with E-state index in [0.29, 0.717) is 29.6 Å². The Hall–Kier alpha value is -2.24. The van der Waals surface area contributed by atoms with E-state index in [4.69, 9.17) is 9.47 Å². The molecule has 1 aliphatic rings. The van der Waals surface area contributed by atoms with Crippen molar-refractivity contribution in [2.75, 3.05) is 13.7 Å². The van der Waals surface area contributed by atoms with E-state index in [1.54, 1.807) is 25.3 Å². The molecule has 2 rings (SSSR count). The molecule has 6 heteroatoms. The summed E-state index contributed by atoms with van der Waals surface area (Å²) in [5.74, 6) is 1.17. The number of carbonyl (C=O) groups is 2. The van der Waals surface area contributed by atoms with Gasteiger partial charge in [0.15, 0.2) is 11.5 Å². The first-order chi connectivity index (χ1) is 13.0. The van der Waals surface area contributed by atoms with Crippen LogP contribution in [-0.4, -0.2) is 25.5 Å². The molecule has 0 spiro atoms. The summed E-state index contributed by atoms with van der Waals surface area (Å²) in [7, 11) is 1.54. The highest BCUT2D eigenvalue weighted by molar-refractivity contribution is 5.96. The van der Waals surface area contributed by atoms with Crippen LogP contribution in [0.25, 0.3) is 0 Å². The van der Waals surface area contributed by atoms with Gasteiger partial charge in [-0.15, -0.1) is 0 Å². The number of ether oxygens (including phenoxy) is 2. The van der Waals surface area contributed by atoms with Gasteiger partial charge in [0.2, 0.25) is 5.91 Å². The molecule has 0 aromatic heterocycles. The largest absolute Gasteiger partial charge is 0.493 e. The van der Waals surface area contributed by atoms with Gasteiger partial charge in [-0.2, -0.15) is 0 Å². The fourth-order valence-electron chi connectivity index (χ4n) is 3.17. The molecular formula is C21H32N2O4. The van der Waals surface area contributed by atoms with Gasteiger partial charge in [-0.05, 0) is 43.4 Å². The number of amides is 2. The lowest BCUT2D eigenvalue weighted by atomic mass is 10.00. The van der Waals surface area contributed by atoms with Gasteiger partial charge in [0.25, 0.3) is 5.91 Å². The second kappa shape index (κ2) is 10.8. The highest BCUT2D eigenvalue weighted by Crippen LogP contribution is 2.28. The van der Waals surface area contributed by atoms with Crippen LogP contribution in [0, 0.1) is 11.8 Å². The molecule has 0 radical (unpaired) electrons. The van der Waals surface area contributed by atoms with Crippen LogP contribution in [0.4, 0.5) is 0 Å². The van der Waals surface area contributed by atoms with Crippen LogP contribution < -0.4 is 20.3 Å². The van der Waals surface area contributed by atoms with Gasteiger partial charge < -0.3 is 9.47 Å². The molecule has 6 nitrogen and oxygen atoms in total. The van der Waals surface area contributed by atoms with Gasteiger partial charge >= 0.3 is 0 Å². The molecule has 0 unspecified atom stereocenters. The van der Waals surface area contributed by atoms with E-state index in [-0.39, 0.29) is 17.7 Å². The van der Waals surface area contributed by atoms with Gasteiger partial charge in [0, 0.05) is 11.5 Å². The molecule has 150 valence electrons. The lowest BCUT2D eigenvalue weighted by Crippen LogP contribution is -2.44. The van der Waals surface area contributed by atoms with Crippen LogP contribution in [0.2, 0.25) is 0 Å². The summed E-state index contributed by atoms with van der Waals surface area (Å²) < 4.78 is 11.1. The van der Waals surface area contributed by atoms with Crippen molar-refractivity contribution in [3.05, 3.63) is 23.8 Å². The van der Waals surface area contributed by atoms with Crippen molar-refractivity contribution in [2.45, 2.75) is 58.8 Å². The molecular weight excluding hydrogens is 344 g/mol. The van der Waals surface area contributed by atoms with Crippen molar-refractivity contribution in [2.24, 2.45) is 11.8 Å². The third kappa shape index (κ3) is 6.77. The fourth-order valence-corrected chi connectivity index (χ4v) is 3.17. The van der Waals surface area contributed by atoms with Crippen LogP contribution in [0.5, 0.6) is 11.5 Å². The number of benzene rings is 1. The summed E-state index contributed by atoms with van der Waals surface area (Å²) in [6.45, 7) is 4.87. The first kappa shape index (κ1) is 21.1. The Kier molecular flexibility index (Phi) is 8.43. The van der Waals surface area contributed by atoms with Gasteiger partial charge in [0.05, 0.1) is 13.7 Å². The molecule has 1 fully saturated rings. The Labute approximate surface area is 162 Å². The standard InChI is InChI=1S/C21H32N2O4/c1-15(2)12-13-27-18-11-10-17(14-19(18)26-3)21(25)23-22-20(24)16-8-6-4-5-7-9-16/h10-11,14-16H,4-9,12-13H2,1-3H3,(H,22,24)(H,23,25). The maximum Gasteiger partial charge on any atom is 0.269 e. The zero-order chi connectivity index (χ0) is 19.6. The minimum Gasteiger partial charge on any atom is -0.493 e. The number of hydrogen-bond donors (Lipinski definition) is 2. The Morgan fingerprint density at radius 3 is 2.41 bits per heavy atom.